The quantitative estimate of drug-likeness (QED) is 0.372. The molecular formula is C33H43N3O4. The van der Waals surface area contributed by atoms with Crippen LogP contribution in [0.4, 0.5) is 0 Å². The number of nitrogens with one attached hydrogen (secondary N) is 1. The molecule has 1 N–H and O–H groups in total. The normalized spacial score (nSPS) is 21.9. The fourth-order valence-electron chi connectivity index (χ4n) is 7.11. The average molecular weight is 546 g/mol. The molecule has 2 atom stereocenters. The van der Waals surface area contributed by atoms with Crippen molar-refractivity contribution in [1.29, 1.82) is 0 Å². The fraction of sp³-hybridized carbons (Fsp3) is 0.545. The molecule has 7 heteroatoms. The van der Waals surface area contributed by atoms with E-state index in [0.29, 0.717) is 37.3 Å². The minimum atomic E-state index is -0.304. The van der Waals surface area contributed by atoms with Gasteiger partial charge in [-0.2, -0.15) is 0 Å². The monoisotopic (exact) mass is 545 g/mol. The number of benzene rings is 2. The summed E-state index contributed by atoms with van der Waals surface area (Å²) < 4.78 is 20.7. The lowest BCUT2D eigenvalue weighted by Gasteiger charge is -2.30. The topological polar surface area (TPSA) is 65.0 Å². The Kier molecular flexibility index (Phi) is 8.42. The number of para-hydroxylation sites is 1. The first-order valence-corrected chi connectivity index (χ1v) is 15.1. The smallest absolute Gasteiger partial charge is 0.337 e. The number of hydrogen-bond donors (Lipinski definition) is 1. The van der Waals surface area contributed by atoms with Gasteiger partial charge in [-0.05, 0) is 75.0 Å². The van der Waals surface area contributed by atoms with Crippen LogP contribution in [-0.2, 0) is 16.0 Å². The highest BCUT2D eigenvalue weighted by Crippen LogP contribution is 2.47. The van der Waals surface area contributed by atoms with E-state index in [-0.39, 0.29) is 12.1 Å². The molecule has 0 radical (unpaired) electrons. The summed E-state index contributed by atoms with van der Waals surface area (Å²) in [4.78, 5) is 15.1. The molecule has 1 aromatic heterocycles. The Morgan fingerprint density at radius 1 is 1.07 bits per heavy atom. The third kappa shape index (κ3) is 5.39. The van der Waals surface area contributed by atoms with E-state index in [1.54, 1.807) is 0 Å². The zero-order valence-electron chi connectivity index (χ0n) is 24.0. The van der Waals surface area contributed by atoms with Crippen molar-refractivity contribution in [3.8, 4) is 17.0 Å². The van der Waals surface area contributed by atoms with Crippen molar-refractivity contribution in [2.75, 3.05) is 47.0 Å². The Hall–Kier alpha value is -2.87. The predicted octanol–water partition coefficient (Wildman–Crippen LogP) is 5.60. The maximum absolute atomic E-state index is 12.6. The van der Waals surface area contributed by atoms with Gasteiger partial charge in [0, 0.05) is 35.6 Å². The number of aromatic nitrogens is 1. The Labute approximate surface area is 237 Å². The van der Waals surface area contributed by atoms with Crippen molar-refractivity contribution in [2.24, 2.45) is 0 Å². The van der Waals surface area contributed by atoms with Crippen LogP contribution in [0.3, 0.4) is 0 Å². The van der Waals surface area contributed by atoms with Crippen molar-refractivity contribution >= 4 is 16.9 Å². The van der Waals surface area contributed by atoms with E-state index in [1.165, 1.54) is 68.7 Å². The van der Waals surface area contributed by atoms with E-state index in [9.17, 15) is 4.79 Å². The molecule has 2 aliphatic heterocycles. The summed E-state index contributed by atoms with van der Waals surface area (Å²) in [5.41, 5.74) is 5.42. The van der Waals surface area contributed by atoms with E-state index < -0.39 is 0 Å². The standard InChI is InChI=1S/C33H43N3O4/c1-34-16-18-35-17-8-11-25(35)21-39-26-20-36-29-19-24(33(37)38-2)14-15-27(29)31(23-9-4-3-5-10-23)32(36)28-12-6-7-13-30(28)40-22-26/h6-7,12-15,19,23,25-26,34H,3-5,8-11,16-18,20-22H2,1-2H3/t25?,26-/m0/s1. The summed E-state index contributed by atoms with van der Waals surface area (Å²) >= 11 is 0. The third-order valence-corrected chi connectivity index (χ3v) is 9.16. The number of carbonyl (C=O) groups is 1. The molecule has 214 valence electrons. The largest absolute Gasteiger partial charge is 0.490 e. The van der Waals surface area contributed by atoms with Gasteiger partial charge in [-0.15, -0.1) is 0 Å². The minimum Gasteiger partial charge on any atom is -0.490 e. The van der Waals surface area contributed by atoms with Crippen molar-refractivity contribution < 1.29 is 19.0 Å². The molecule has 2 fully saturated rings. The first kappa shape index (κ1) is 27.3. The minimum absolute atomic E-state index is 0.101. The van der Waals surface area contributed by atoms with Crippen molar-refractivity contribution in [3.63, 3.8) is 0 Å². The number of hydrogen-bond acceptors (Lipinski definition) is 6. The molecule has 0 spiro atoms. The van der Waals surface area contributed by atoms with Gasteiger partial charge >= 0.3 is 5.97 Å². The van der Waals surface area contributed by atoms with E-state index >= 15 is 0 Å². The van der Waals surface area contributed by atoms with Crippen LogP contribution in [0.15, 0.2) is 42.5 Å². The van der Waals surface area contributed by atoms with E-state index in [4.69, 9.17) is 14.2 Å². The van der Waals surface area contributed by atoms with Crippen LogP contribution < -0.4 is 10.1 Å². The van der Waals surface area contributed by atoms with Gasteiger partial charge in [-0.3, -0.25) is 4.90 Å². The maximum atomic E-state index is 12.6. The van der Waals surface area contributed by atoms with Crippen molar-refractivity contribution in [1.82, 2.24) is 14.8 Å². The lowest BCUT2D eigenvalue weighted by Crippen LogP contribution is -2.39. The Balaban J connectivity index is 1.41. The SMILES string of the molecule is CNCCN1CCCC1CO[C@@H]1COc2ccccc2-c2c(C3CCCCC3)c3ccc(C(=O)OC)cc3n2C1. The van der Waals surface area contributed by atoms with Gasteiger partial charge in [0.05, 0.1) is 31.5 Å². The summed E-state index contributed by atoms with van der Waals surface area (Å²) in [5, 5.41) is 4.52. The number of likely N-dealkylation sites (tertiary alicyclic amines) is 1. The van der Waals surface area contributed by atoms with Gasteiger partial charge in [-0.1, -0.05) is 37.5 Å². The number of rotatable bonds is 8. The number of fused-ring (bicyclic) bond motifs is 5. The molecule has 2 aromatic carbocycles. The lowest BCUT2D eigenvalue weighted by molar-refractivity contribution is -0.0138. The number of ether oxygens (including phenoxy) is 3. The average Bonchev–Trinajstić information content (AvgIpc) is 3.57. The molecule has 3 aliphatic rings. The summed E-state index contributed by atoms with van der Waals surface area (Å²) in [6, 6.07) is 15.0. The van der Waals surface area contributed by atoms with E-state index in [2.05, 4.69) is 45.1 Å². The lowest BCUT2D eigenvalue weighted by atomic mass is 9.81. The second-order valence-electron chi connectivity index (χ2n) is 11.6. The number of likely N-dealkylation sites (N-methyl/N-ethyl adjacent to an activating group) is 1. The Morgan fingerprint density at radius 3 is 2.75 bits per heavy atom. The van der Waals surface area contributed by atoms with Gasteiger partial charge in [0.25, 0.3) is 0 Å². The van der Waals surface area contributed by atoms with Crippen molar-refractivity contribution in [2.45, 2.75) is 69.6 Å². The van der Waals surface area contributed by atoms with Crippen LogP contribution in [0.25, 0.3) is 22.2 Å². The number of esters is 1. The zero-order chi connectivity index (χ0) is 27.5. The van der Waals surface area contributed by atoms with Gasteiger partial charge < -0.3 is 24.1 Å². The summed E-state index contributed by atoms with van der Waals surface area (Å²) in [6.45, 7) is 5.06. The van der Waals surface area contributed by atoms with Gasteiger partial charge in [-0.25, -0.2) is 4.79 Å². The summed E-state index contributed by atoms with van der Waals surface area (Å²) in [7, 11) is 3.46. The zero-order valence-corrected chi connectivity index (χ0v) is 24.0. The second kappa shape index (κ2) is 12.3. The molecule has 0 amide bonds. The predicted molar refractivity (Wildman–Crippen MR) is 158 cm³/mol. The van der Waals surface area contributed by atoms with Crippen LogP contribution in [0.2, 0.25) is 0 Å². The van der Waals surface area contributed by atoms with Crippen LogP contribution in [0.1, 0.15) is 66.8 Å². The molecule has 1 saturated carbocycles. The van der Waals surface area contributed by atoms with Crippen LogP contribution in [0, 0.1) is 0 Å². The molecule has 1 aliphatic carbocycles. The number of carbonyl (C=O) groups excluding carboxylic acids is 1. The molecule has 6 rings (SSSR count). The van der Waals surface area contributed by atoms with Gasteiger partial charge in [0.2, 0.25) is 0 Å². The highest BCUT2D eigenvalue weighted by atomic mass is 16.5. The van der Waals surface area contributed by atoms with Crippen molar-refractivity contribution in [3.05, 3.63) is 53.6 Å². The number of methoxy groups -OCH3 is 1. The van der Waals surface area contributed by atoms with Crippen LogP contribution in [0.5, 0.6) is 5.75 Å². The second-order valence-corrected chi connectivity index (χ2v) is 11.6. The highest BCUT2D eigenvalue weighted by molar-refractivity contribution is 5.99. The van der Waals surface area contributed by atoms with E-state index in [1.807, 2.05) is 19.2 Å². The summed E-state index contributed by atoms with van der Waals surface area (Å²) in [5.74, 6) is 1.09. The summed E-state index contributed by atoms with van der Waals surface area (Å²) in [6.07, 6.45) is 8.50. The highest BCUT2D eigenvalue weighted by Gasteiger charge is 2.32. The third-order valence-electron chi connectivity index (χ3n) is 9.16. The molecule has 3 heterocycles. The Morgan fingerprint density at radius 2 is 1.93 bits per heavy atom. The number of nitrogens with zero attached hydrogens (tertiary/aromatic N) is 2. The van der Waals surface area contributed by atoms with E-state index in [0.717, 1.165) is 36.5 Å². The molecule has 7 nitrogen and oxygen atoms in total. The van der Waals surface area contributed by atoms with Gasteiger partial charge in [0.1, 0.15) is 18.5 Å². The molecule has 0 bridgehead atoms. The molecule has 40 heavy (non-hydrogen) atoms. The molecule has 1 unspecified atom stereocenters. The van der Waals surface area contributed by atoms with Gasteiger partial charge in [0.15, 0.2) is 0 Å². The maximum Gasteiger partial charge on any atom is 0.337 e. The van der Waals surface area contributed by atoms with Crippen LogP contribution in [-0.4, -0.2) is 74.6 Å². The Bertz CT molecular complexity index is 1330. The first-order chi connectivity index (χ1) is 19.7. The molecule has 3 aromatic rings. The van der Waals surface area contributed by atoms with Crippen LogP contribution >= 0.6 is 0 Å². The molecular weight excluding hydrogens is 502 g/mol. The fourth-order valence-corrected chi connectivity index (χ4v) is 7.11. The first-order valence-electron chi connectivity index (χ1n) is 15.1. The molecule has 1 saturated heterocycles.